The highest BCUT2D eigenvalue weighted by molar-refractivity contribution is 5.70. The summed E-state index contributed by atoms with van der Waals surface area (Å²) in [6.07, 6.45) is 5.28. The second kappa shape index (κ2) is 4.57. The predicted molar refractivity (Wildman–Crippen MR) is 62.1 cm³/mol. The van der Waals surface area contributed by atoms with Crippen molar-refractivity contribution in [1.29, 1.82) is 0 Å². The van der Waals surface area contributed by atoms with E-state index in [1.165, 1.54) is 0 Å². The average molecular weight is 237 g/mol. The second-order valence-electron chi connectivity index (χ2n) is 4.34. The molecule has 1 fully saturated rings. The molecule has 17 heavy (non-hydrogen) atoms. The zero-order valence-corrected chi connectivity index (χ0v) is 9.59. The van der Waals surface area contributed by atoms with Crippen molar-refractivity contribution in [3.8, 4) is 0 Å². The van der Waals surface area contributed by atoms with E-state index < -0.39 is 11.9 Å². The van der Waals surface area contributed by atoms with Crippen molar-refractivity contribution in [3.63, 3.8) is 0 Å². The first-order chi connectivity index (χ1) is 8.09. The third kappa shape index (κ3) is 2.64. The number of carbonyl (C=O) groups is 1. The number of aliphatic carboxylic acids is 1. The van der Waals surface area contributed by atoms with Crippen LogP contribution in [0.5, 0.6) is 0 Å². The Morgan fingerprint density at radius 3 is 3.00 bits per heavy atom. The number of carboxylic acids is 1. The van der Waals surface area contributed by atoms with Crippen LogP contribution in [-0.4, -0.2) is 27.2 Å². The molecule has 0 radical (unpaired) electrons. The number of carboxylic acid groups (broad SMARTS) is 1. The van der Waals surface area contributed by atoms with Crippen LogP contribution in [0.4, 0.5) is 5.82 Å². The first kappa shape index (κ1) is 11.6. The molecule has 1 aromatic heterocycles. The first-order valence-electron chi connectivity index (χ1n) is 5.63. The second-order valence-corrected chi connectivity index (χ2v) is 4.34. The number of aromatic nitrogens is 2. The number of rotatable bonds is 5. The molecule has 1 atom stereocenters. The van der Waals surface area contributed by atoms with Crippen molar-refractivity contribution < 1.29 is 9.90 Å². The van der Waals surface area contributed by atoms with Crippen LogP contribution in [0.2, 0.25) is 0 Å². The summed E-state index contributed by atoms with van der Waals surface area (Å²) in [6.45, 7) is 1.78. The van der Waals surface area contributed by atoms with Crippen LogP contribution in [0.25, 0.3) is 0 Å². The zero-order valence-electron chi connectivity index (χ0n) is 9.59. The topological polar surface area (TPSA) is 84.2 Å². The van der Waals surface area contributed by atoms with Gasteiger partial charge in [0.15, 0.2) is 5.82 Å². The van der Waals surface area contributed by atoms with Gasteiger partial charge in [-0.1, -0.05) is 6.92 Å². The molecule has 1 saturated carbocycles. The molecule has 0 aliphatic heterocycles. The standard InChI is InChI=1S/C11H15N3O3/c1-7(11(16)17)6-13-9-10(15)14(5-4-12-9)8-2-3-8/h4-5,7-8H,2-3,6H2,1H3,(H,12,13)(H,16,17). The Morgan fingerprint density at radius 1 is 1.71 bits per heavy atom. The fourth-order valence-corrected chi connectivity index (χ4v) is 1.52. The van der Waals surface area contributed by atoms with E-state index in [4.69, 9.17) is 5.11 Å². The van der Waals surface area contributed by atoms with Gasteiger partial charge in [-0.3, -0.25) is 9.59 Å². The lowest BCUT2D eigenvalue weighted by Crippen LogP contribution is -2.27. The summed E-state index contributed by atoms with van der Waals surface area (Å²) in [5.41, 5.74) is -0.174. The molecule has 0 aromatic carbocycles. The Kier molecular flexibility index (Phi) is 3.12. The number of nitrogens with zero attached hydrogens (tertiary/aromatic N) is 2. The minimum atomic E-state index is -0.893. The van der Waals surface area contributed by atoms with E-state index in [1.807, 2.05) is 0 Å². The van der Waals surface area contributed by atoms with Gasteiger partial charge in [0.05, 0.1) is 5.92 Å². The van der Waals surface area contributed by atoms with Gasteiger partial charge in [-0.05, 0) is 12.8 Å². The molecule has 1 aromatic rings. The van der Waals surface area contributed by atoms with E-state index in [0.29, 0.717) is 6.04 Å². The highest BCUT2D eigenvalue weighted by Gasteiger charge is 2.25. The van der Waals surface area contributed by atoms with Crippen molar-refractivity contribution >= 4 is 11.8 Å². The van der Waals surface area contributed by atoms with Crippen molar-refractivity contribution in [2.45, 2.75) is 25.8 Å². The number of hydrogen-bond acceptors (Lipinski definition) is 4. The maximum absolute atomic E-state index is 11.9. The molecule has 1 aliphatic carbocycles. The summed E-state index contributed by atoms with van der Waals surface area (Å²) in [4.78, 5) is 26.5. The van der Waals surface area contributed by atoms with Gasteiger partial charge in [0.25, 0.3) is 5.56 Å². The molecular formula is C11H15N3O3. The fourth-order valence-electron chi connectivity index (χ4n) is 1.52. The van der Waals surface area contributed by atoms with E-state index in [1.54, 1.807) is 23.9 Å². The van der Waals surface area contributed by atoms with Crippen LogP contribution in [0.3, 0.4) is 0 Å². The van der Waals surface area contributed by atoms with Gasteiger partial charge in [0, 0.05) is 25.0 Å². The lowest BCUT2D eigenvalue weighted by Gasteiger charge is -2.10. The van der Waals surface area contributed by atoms with Crippen LogP contribution in [0.15, 0.2) is 17.2 Å². The molecule has 2 N–H and O–H groups in total. The van der Waals surface area contributed by atoms with Crippen molar-refractivity contribution in [2.75, 3.05) is 11.9 Å². The Balaban J connectivity index is 2.08. The molecule has 92 valence electrons. The SMILES string of the molecule is CC(CNc1nccn(C2CC2)c1=O)C(=O)O. The van der Waals surface area contributed by atoms with Crippen LogP contribution in [-0.2, 0) is 4.79 Å². The lowest BCUT2D eigenvalue weighted by atomic mass is 10.2. The average Bonchev–Trinajstić information content (AvgIpc) is 3.11. The van der Waals surface area contributed by atoms with Gasteiger partial charge in [0.2, 0.25) is 0 Å². The Morgan fingerprint density at radius 2 is 2.41 bits per heavy atom. The summed E-state index contributed by atoms with van der Waals surface area (Å²) in [6, 6.07) is 0.294. The minimum Gasteiger partial charge on any atom is -0.481 e. The number of anilines is 1. The molecule has 0 saturated heterocycles. The van der Waals surface area contributed by atoms with E-state index >= 15 is 0 Å². The Bertz CT molecular complexity index is 479. The number of hydrogen-bond donors (Lipinski definition) is 2. The summed E-state index contributed by atoms with van der Waals surface area (Å²) >= 11 is 0. The smallest absolute Gasteiger partial charge is 0.308 e. The van der Waals surface area contributed by atoms with Gasteiger partial charge < -0.3 is 15.0 Å². The highest BCUT2D eigenvalue weighted by Crippen LogP contribution is 2.33. The van der Waals surface area contributed by atoms with Crippen molar-refractivity contribution in [3.05, 3.63) is 22.7 Å². The highest BCUT2D eigenvalue weighted by atomic mass is 16.4. The van der Waals surface area contributed by atoms with Gasteiger partial charge in [0.1, 0.15) is 0 Å². The maximum atomic E-state index is 11.9. The third-order valence-corrected chi connectivity index (χ3v) is 2.81. The monoisotopic (exact) mass is 237 g/mol. The molecule has 0 bridgehead atoms. The van der Waals surface area contributed by atoms with Crippen LogP contribution in [0.1, 0.15) is 25.8 Å². The summed E-state index contributed by atoms with van der Waals surface area (Å²) in [7, 11) is 0. The Hall–Kier alpha value is -1.85. The van der Waals surface area contributed by atoms with Crippen LogP contribution >= 0.6 is 0 Å². The van der Waals surface area contributed by atoms with E-state index in [-0.39, 0.29) is 17.9 Å². The molecule has 6 nitrogen and oxygen atoms in total. The van der Waals surface area contributed by atoms with Crippen molar-refractivity contribution in [2.24, 2.45) is 5.92 Å². The zero-order chi connectivity index (χ0) is 12.4. The minimum absolute atomic E-state index is 0.174. The molecule has 6 heteroatoms. The molecule has 1 heterocycles. The summed E-state index contributed by atoms with van der Waals surface area (Å²) in [5.74, 6) is -1.21. The molecule has 1 unspecified atom stereocenters. The van der Waals surface area contributed by atoms with E-state index in [0.717, 1.165) is 12.8 Å². The fraction of sp³-hybridized carbons (Fsp3) is 0.545. The summed E-state index contributed by atoms with van der Waals surface area (Å²) in [5, 5.41) is 11.5. The van der Waals surface area contributed by atoms with Gasteiger partial charge in [-0.25, -0.2) is 4.98 Å². The maximum Gasteiger partial charge on any atom is 0.308 e. The van der Waals surface area contributed by atoms with E-state index in [9.17, 15) is 9.59 Å². The van der Waals surface area contributed by atoms with Gasteiger partial charge in [-0.15, -0.1) is 0 Å². The van der Waals surface area contributed by atoms with Gasteiger partial charge >= 0.3 is 5.97 Å². The molecular weight excluding hydrogens is 222 g/mol. The van der Waals surface area contributed by atoms with E-state index in [2.05, 4.69) is 10.3 Å². The van der Waals surface area contributed by atoms with Gasteiger partial charge in [-0.2, -0.15) is 0 Å². The molecule has 2 rings (SSSR count). The molecule has 0 amide bonds. The largest absolute Gasteiger partial charge is 0.481 e. The molecule has 1 aliphatic rings. The third-order valence-electron chi connectivity index (χ3n) is 2.81. The first-order valence-corrected chi connectivity index (χ1v) is 5.63. The Labute approximate surface area is 98.3 Å². The lowest BCUT2D eigenvalue weighted by molar-refractivity contribution is -0.140. The van der Waals surface area contributed by atoms with Crippen LogP contribution in [0, 0.1) is 5.92 Å². The normalized spacial score (nSPS) is 16.5. The molecule has 0 spiro atoms. The number of nitrogens with one attached hydrogen (secondary N) is 1. The predicted octanol–water partition coefficient (Wildman–Crippen LogP) is 0.711. The van der Waals surface area contributed by atoms with Crippen LogP contribution < -0.4 is 10.9 Å². The quantitative estimate of drug-likeness (QED) is 0.788. The summed E-state index contributed by atoms with van der Waals surface area (Å²) < 4.78 is 1.65. The van der Waals surface area contributed by atoms with Crippen molar-refractivity contribution in [1.82, 2.24) is 9.55 Å².